The highest BCUT2D eigenvalue weighted by molar-refractivity contribution is 7.15. The van der Waals surface area contributed by atoms with Crippen LogP contribution in [0.2, 0.25) is 0 Å². The van der Waals surface area contributed by atoms with Crippen LogP contribution in [0.3, 0.4) is 0 Å². The molecule has 0 bridgehead atoms. The van der Waals surface area contributed by atoms with E-state index in [0.29, 0.717) is 27.7 Å². The Bertz CT molecular complexity index is 2480. The summed E-state index contributed by atoms with van der Waals surface area (Å²) in [6.45, 7) is 4.49. The van der Waals surface area contributed by atoms with Crippen molar-refractivity contribution in [2.75, 3.05) is 0 Å². The molecule has 4 heterocycles. The summed E-state index contributed by atoms with van der Waals surface area (Å²) < 4.78 is 15.9. The molecular weight excluding hydrogens is 595 g/mol. The van der Waals surface area contributed by atoms with Crippen molar-refractivity contribution < 1.29 is 9.15 Å². The summed E-state index contributed by atoms with van der Waals surface area (Å²) in [5.41, 5.74) is 6.94. The van der Waals surface area contributed by atoms with Gasteiger partial charge in [0.15, 0.2) is 5.76 Å². The third-order valence-electron chi connectivity index (χ3n) is 7.96. The van der Waals surface area contributed by atoms with E-state index in [1.165, 1.54) is 15.9 Å². The molecule has 224 valence electrons. The maximum atomic E-state index is 13.6. The molecule has 8 aromatic rings. The summed E-state index contributed by atoms with van der Waals surface area (Å²) in [5.74, 6) is 1.77. The van der Waals surface area contributed by atoms with Crippen molar-refractivity contribution >= 4 is 33.3 Å². The SMILES string of the molecule is Cc1cc(-c2nn(-c3ccccc3)cc2/C=c2\sc3nc(-c4oc5ccccc5c4C)nn3c2=O)ccc1OCc1ccccc1. The lowest BCUT2D eigenvalue weighted by Crippen LogP contribution is -2.23. The molecule has 0 spiro atoms. The number of furan rings is 1. The Morgan fingerprint density at radius 2 is 1.65 bits per heavy atom. The van der Waals surface area contributed by atoms with E-state index in [4.69, 9.17) is 14.3 Å². The monoisotopic (exact) mass is 621 g/mol. The van der Waals surface area contributed by atoms with Gasteiger partial charge in [-0.3, -0.25) is 4.79 Å². The van der Waals surface area contributed by atoms with Crippen LogP contribution < -0.4 is 14.8 Å². The van der Waals surface area contributed by atoms with Gasteiger partial charge in [0.05, 0.1) is 10.2 Å². The molecule has 0 atom stereocenters. The molecule has 0 saturated carbocycles. The topological polar surface area (TPSA) is 87.5 Å². The summed E-state index contributed by atoms with van der Waals surface area (Å²) >= 11 is 1.29. The molecule has 46 heavy (non-hydrogen) atoms. The molecule has 0 aliphatic heterocycles. The number of benzene rings is 4. The van der Waals surface area contributed by atoms with Crippen molar-refractivity contribution in [2.24, 2.45) is 0 Å². The minimum Gasteiger partial charge on any atom is -0.489 e. The molecule has 0 amide bonds. The highest BCUT2D eigenvalue weighted by Crippen LogP contribution is 2.32. The molecule has 8 rings (SSSR count). The van der Waals surface area contributed by atoms with Gasteiger partial charge >= 0.3 is 0 Å². The van der Waals surface area contributed by atoms with Gasteiger partial charge in [0, 0.05) is 28.3 Å². The first-order valence-corrected chi connectivity index (χ1v) is 15.7. The van der Waals surface area contributed by atoms with E-state index in [0.717, 1.165) is 55.9 Å². The number of ether oxygens (including phenoxy) is 1. The lowest BCUT2D eigenvalue weighted by Gasteiger charge is -2.10. The zero-order chi connectivity index (χ0) is 31.2. The fourth-order valence-electron chi connectivity index (χ4n) is 5.58. The number of hydrogen-bond donors (Lipinski definition) is 0. The number of para-hydroxylation sites is 2. The van der Waals surface area contributed by atoms with Crippen LogP contribution in [-0.4, -0.2) is 24.4 Å². The summed E-state index contributed by atoms with van der Waals surface area (Å²) in [5, 5.41) is 10.5. The maximum Gasteiger partial charge on any atom is 0.291 e. The molecule has 0 fully saturated rings. The van der Waals surface area contributed by atoms with Crippen molar-refractivity contribution in [1.82, 2.24) is 24.4 Å². The quantitative estimate of drug-likeness (QED) is 0.188. The standard InChI is InChI=1S/C37H27N5O3S/c1-23-19-26(17-18-30(23)44-22-25-11-5-3-6-12-25)33-27(21-41(39-33)28-13-7-4-8-14-28)20-32-36(43)42-37(46-32)38-35(40-42)34-24(2)29-15-9-10-16-31(29)45-34/h3-21H,22H2,1-2H3/b32-20-. The lowest BCUT2D eigenvalue weighted by atomic mass is 10.0. The third kappa shape index (κ3) is 4.96. The second-order valence-corrected chi connectivity index (χ2v) is 12.1. The smallest absolute Gasteiger partial charge is 0.291 e. The van der Waals surface area contributed by atoms with Crippen LogP contribution in [0.1, 0.15) is 22.3 Å². The Kier molecular flexibility index (Phi) is 6.80. The summed E-state index contributed by atoms with van der Waals surface area (Å²) in [6, 6.07) is 33.9. The van der Waals surface area contributed by atoms with Crippen molar-refractivity contribution in [3.8, 4) is 34.3 Å². The lowest BCUT2D eigenvalue weighted by molar-refractivity contribution is 0.304. The van der Waals surface area contributed by atoms with Gasteiger partial charge in [0.1, 0.15) is 23.6 Å². The van der Waals surface area contributed by atoms with E-state index in [2.05, 4.69) is 16.1 Å². The molecule has 0 N–H and O–H groups in total. The van der Waals surface area contributed by atoms with Crippen molar-refractivity contribution in [3.63, 3.8) is 0 Å². The minimum absolute atomic E-state index is 0.244. The molecule has 0 aliphatic rings. The van der Waals surface area contributed by atoms with Crippen molar-refractivity contribution in [1.29, 1.82) is 0 Å². The Labute approximate surface area is 267 Å². The first kappa shape index (κ1) is 27.7. The molecule has 0 aliphatic carbocycles. The molecule has 0 radical (unpaired) electrons. The van der Waals surface area contributed by atoms with Gasteiger partial charge in [-0.25, -0.2) is 4.68 Å². The van der Waals surface area contributed by atoms with Gasteiger partial charge in [0.2, 0.25) is 10.8 Å². The first-order chi connectivity index (χ1) is 22.5. The van der Waals surface area contributed by atoms with Crippen LogP contribution >= 0.6 is 11.3 Å². The van der Waals surface area contributed by atoms with Gasteiger partial charge < -0.3 is 9.15 Å². The van der Waals surface area contributed by atoms with E-state index in [1.807, 2.05) is 128 Å². The molecule has 4 aromatic heterocycles. The van der Waals surface area contributed by atoms with Gasteiger partial charge in [-0.2, -0.15) is 14.6 Å². The number of thiazole rings is 1. The van der Waals surface area contributed by atoms with E-state index in [-0.39, 0.29) is 5.56 Å². The molecule has 0 saturated heterocycles. The zero-order valence-corrected chi connectivity index (χ0v) is 25.9. The van der Waals surface area contributed by atoms with Gasteiger partial charge in [-0.15, -0.1) is 5.10 Å². The summed E-state index contributed by atoms with van der Waals surface area (Å²) in [6.07, 6.45) is 3.81. The second-order valence-electron chi connectivity index (χ2n) is 11.1. The Balaban J connectivity index is 1.18. The average Bonchev–Trinajstić information content (AvgIpc) is 3.85. The van der Waals surface area contributed by atoms with E-state index in [9.17, 15) is 4.79 Å². The predicted molar refractivity (Wildman–Crippen MR) is 180 cm³/mol. The number of hydrogen-bond acceptors (Lipinski definition) is 7. The second kappa shape index (κ2) is 11.3. The van der Waals surface area contributed by atoms with Gasteiger partial charge in [-0.05, 0) is 67.4 Å². The Morgan fingerprint density at radius 3 is 2.41 bits per heavy atom. The zero-order valence-electron chi connectivity index (χ0n) is 25.0. The third-order valence-corrected chi connectivity index (χ3v) is 8.92. The van der Waals surface area contributed by atoms with Crippen LogP contribution in [0.25, 0.3) is 50.5 Å². The first-order valence-electron chi connectivity index (χ1n) is 14.8. The number of aromatic nitrogens is 5. The molecule has 4 aromatic carbocycles. The summed E-state index contributed by atoms with van der Waals surface area (Å²) in [4.78, 5) is 18.8. The molecule has 0 unspecified atom stereocenters. The van der Waals surface area contributed by atoms with Crippen LogP contribution in [0.5, 0.6) is 5.75 Å². The van der Waals surface area contributed by atoms with E-state index >= 15 is 0 Å². The van der Waals surface area contributed by atoms with Crippen LogP contribution in [0, 0.1) is 13.8 Å². The fourth-order valence-corrected chi connectivity index (χ4v) is 6.48. The molecule has 9 heteroatoms. The highest BCUT2D eigenvalue weighted by Gasteiger charge is 2.20. The largest absolute Gasteiger partial charge is 0.489 e. The predicted octanol–water partition coefficient (Wildman–Crippen LogP) is 7.16. The maximum absolute atomic E-state index is 13.6. The Morgan fingerprint density at radius 1 is 0.891 bits per heavy atom. The van der Waals surface area contributed by atoms with Crippen molar-refractivity contribution in [3.05, 3.63) is 146 Å². The van der Waals surface area contributed by atoms with Gasteiger partial charge in [-0.1, -0.05) is 78.1 Å². The Hall–Kier alpha value is -5.80. The summed E-state index contributed by atoms with van der Waals surface area (Å²) in [7, 11) is 0. The normalized spacial score (nSPS) is 12.0. The number of aryl methyl sites for hydroxylation is 2. The van der Waals surface area contributed by atoms with Crippen molar-refractivity contribution in [2.45, 2.75) is 20.5 Å². The molecule has 8 nitrogen and oxygen atoms in total. The fraction of sp³-hybridized carbons (Fsp3) is 0.0811. The average molecular weight is 622 g/mol. The van der Waals surface area contributed by atoms with E-state index in [1.54, 1.807) is 0 Å². The number of rotatable bonds is 7. The highest BCUT2D eigenvalue weighted by atomic mass is 32.1. The minimum atomic E-state index is -0.244. The van der Waals surface area contributed by atoms with Crippen LogP contribution in [0.15, 0.2) is 119 Å². The number of nitrogens with zero attached hydrogens (tertiary/aromatic N) is 5. The molecular formula is C37H27N5O3S. The van der Waals surface area contributed by atoms with Crippen LogP contribution in [-0.2, 0) is 6.61 Å². The number of fused-ring (bicyclic) bond motifs is 2. The van der Waals surface area contributed by atoms with Gasteiger partial charge in [0.25, 0.3) is 5.56 Å². The van der Waals surface area contributed by atoms with Crippen LogP contribution in [0.4, 0.5) is 0 Å². The van der Waals surface area contributed by atoms with E-state index < -0.39 is 0 Å².